The Bertz CT molecular complexity index is 629. The van der Waals surface area contributed by atoms with E-state index in [0.29, 0.717) is 0 Å². The van der Waals surface area contributed by atoms with Crippen LogP contribution in [0.1, 0.15) is 33.3 Å². The van der Waals surface area contributed by atoms with Gasteiger partial charge < -0.3 is 10.2 Å². The Morgan fingerprint density at radius 3 is 2.36 bits per heavy atom. The molecule has 0 aliphatic rings. The van der Waals surface area contributed by atoms with Crippen LogP contribution in [0.5, 0.6) is 0 Å². The van der Waals surface area contributed by atoms with E-state index >= 15 is 0 Å². The molecule has 0 saturated heterocycles. The van der Waals surface area contributed by atoms with Gasteiger partial charge in [0.2, 0.25) is 0 Å². The molecule has 116 valence electrons. The number of carbonyl (C=O) groups excluding carboxylic acids is 1. The molecule has 0 spiro atoms. The largest absolute Gasteiger partial charge is 0.399 e. The van der Waals surface area contributed by atoms with Crippen LogP contribution in [0.15, 0.2) is 41.2 Å². The van der Waals surface area contributed by atoms with Gasteiger partial charge in [0.15, 0.2) is 5.78 Å². The zero-order valence-corrected chi connectivity index (χ0v) is 13.6. The minimum Gasteiger partial charge on any atom is -0.399 e. The second kappa shape index (κ2) is 7.41. The highest BCUT2D eigenvalue weighted by Gasteiger charge is 2.24. The van der Waals surface area contributed by atoms with Gasteiger partial charge in [0, 0.05) is 17.3 Å². The third kappa shape index (κ3) is 4.74. The van der Waals surface area contributed by atoms with Crippen LogP contribution in [-0.2, 0) is 9.63 Å². The van der Waals surface area contributed by atoms with Crippen LogP contribution in [0.25, 0.3) is 0 Å². The van der Waals surface area contributed by atoms with Crippen molar-refractivity contribution in [2.75, 3.05) is 12.4 Å². The van der Waals surface area contributed by atoms with E-state index in [2.05, 4.69) is 10.5 Å². The van der Waals surface area contributed by atoms with Gasteiger partial charge in [-0.3, -0.25) is 4.79 Å². The molecule has 0 radical (unpaired) electrons. The van der Waals surface area contributed by atoms with Crippen LogP contribution in [0.4, 0.5) is 5.69 Å². The number of benzene rings is 1. The van der Waals surface area contributed by atoms with Gasteiger partial charge in [0.1, 0.15) is 18.8 Å². The van der Waals surface area contributed by atoms with E-state index in [1.807, 2.05) is 37.3 Å². The quantitative estimate of drug-likeness (QED) is 0.391. The number of anilines is 1. The number of carbonyl (C=O) groups is 1. The van der Waals surface area contributed by atoms with Crippen LogP contribution in [-0.4, -0.2) is 18.6 Å². The van der Waals surface area contributed by atoms with Crippen LogP contribution in [0.3, 0.4) is 0 Å². The Hall–Kier alpha value is -2.61. The Morgan fingerprint density at radius 2 is 1.91 bits per heavy atom. The van der Waals surface area contributed by atoms with Gasteiger partial charge in [-0.05, 0) is 24.6 Å². The molecule has 1 aromatic carbocycles. The smallest absolute Gasteiger partial charge is 0.180 e. The number of Topliss-reactive ketones (excluding diaryl/α,β-unsaturated/α-hetero) is 1. The first kappa shape index (κ1) is 17.4. The molecule has 0 atom stereocenters. The lowest BCUT2D eigenvalue weighted by molar-refractivity contribution is -0.122. The van der Waals surface area contributed by atoms with Gasteiger partial charge in [-0.2, -0.15) is 5.26 Å². The third-order valence-electron chi connectivity index (χ3n) is 2.96. The van der Waals surface area contributed by atoms with E-state index in [9.17, 15) is 4.79 Å². The fourth-order valence-electron chi connectivity index (χ4n) is 1.71. The standard InChI is InChI=1S/C17H21N3O2/c1-12(20-22-5)13-6-8-15(9-7-13)19-11-14(10-18)16(21)17(2,3)4/h6-9,11,19H,1-5H3/b14-11+,20-12-. The van der Waals surface area contributed by atoms with Gasteiger partial charge in [0.05, 0.1) is 5.71 Å². The monoisotopic (exact) mass is 299 g/mol. The fourth-order valence-corrected chi connectivity index (χ4v) is 1.71. The summed E-state index contributed by atoms with van der Waals surface area (Å²) in [5.41, 5.74) is 2.01. The molecule has 0 aromatic heterocycles. The summed E-state index contributed by atoms with van der Waals surface area (Å²) in [5, 5.41) is 15.9. The van der Waals surface area contributed by atoms with Crippen molar-refractivity contribution in [3.8, 4) is 6.07 Å². The molecule has 22 heavy (non-hydrogen) atoms. The van der Waals surface area contributed by atoms with Crippen LogP contribution < -0.4 is 5.32 Å². The van der Waals surface area contributed by atoms with E-state index < -0.39 is 5.41 Å². The minimum atomic E-state index is -0.583. The van der Waals surface area contributed by atoms with E-state index in [1.54, 1.807) is 20.8 Å². The van der Waals surface area contributed by atoms with E-state index in [-0.39, 0.29) is 11.4 Å². The number of nitrogens with zero attached hydrogens (tertiary/aromatic N) is 2. The van der Waals surface area contributed by atoms with E-state index in [1.165, 1.54) is 13.3 Å². The summed E-state index contributed by atoms with van der Waals surface area (Å²) in [7, 11) is 1.50. The Morgan fingerprint density at radius 1 is 1.32 bits per heavy atom. The van der Waals surface area contributed by atoms with Gasteiger partial charge in [0.25, 0.3) is 0 Å². The number of nitrogens with one attached hydrogen (secondary N) is 1. The predicted octanol–water partition coefficient (Wildman–Crippen LogP) is 3.49. The van der Waals surface area contributed by atoms with Crippen molar-refractivity contribution in [1.82, 2.24) is 0 Å². The maximum absolute atomic E-state index is 12.1. The zero-order valence-electron chi connectivity index (χ0n) is 13.6. The van der Waals surface area contributed by atoms with Gasteiger partial charge in [-0.1, -0.05) is 38.1 Å². The summed E-state index contributed by atoms with van der Waals surface area (Å²) in [6, 6.07) is 9.39. The number of rotatable bonds is 5. The summed E-state index contributed by atoms with van der Waals surface area (Å²) < 4.78 is 0. The second-order valence-corrected chi connectivity index (χ2v) is 5.83. The molecule has 1 N–H and O–H groups in total. The van der Waals surface area contributed by atoms with Gasteiger partial charge in [-0.15, -0.1) is 0 Å². The number of oxime groups is 1. The lowest BCUT2D eigenvalue weighted by atomic mass is 9.87. The molecule has 0 heterocycles. The van der Waals surface area contributed by atoms with Crippen LogP contribution >= 0.6 is 0 Å². The summed E-state index contributed by atoms with van der Waals surface area (Å²) >= 11 is 0. The number of allylic oxidation sites excluding steroid dienone is 1. The Balaban J connectivity index is 2.88. The van der Waals surface area contributed by atoms with Crippen molar-refractivity contribution in [3.63, 3.8) is 0 Å². The molecule has 0 amide bonds. The molecule has 5 nitrogen and oxygen atoms in total. The first-order chi connectivity index (χ1) is 10.3. The normalized spacial score (nSPS) is 12.5. The van der Waals surface area contributed by atoms with Crippen molar-refractivity contribution in [1.29, 1.82) is 5.26 Å². The number of ketones is 1. The third-order valence-corrected chi connectivity index (χ3v) is 2.96. The first-order valence-electron chi connectivity index (χ1n) is 6.89. The molecule has 0 bridgehead atoms. The van der Waals surface area contributed by atoms with E-state index in [0.717, 1.165) is 17.0 Å². The molecule has 0 fully saturated rings. The molecule has 0 saturated carbocycles. The summed E-state index contributed by atoms with van der Waals surface area (Å²) in [5.74, 6) is -0.192. The molecule has 0 aliphatic heterocycles. The molecule has 1 aromatic rings. The molecule has 0 aliphatic carbocycles. The fraction of sp³-hybridized carbons (Fsp3) is 0.353. The summed E-state index contributed by atoms with van der Waals surface area (Å²) in [6.45, 7) is 7.20. The second-order valence-electron chi connectivity index (χ2n) is 5.83. The minimum absolute atomic E-state index is 0.105. The van der Waals surface area contributed by atoms with Gasteiger partial charge in [-0.25, -0.2) is 0 Å². The maximum Gasteiger partial charge on any atom is 0.180 e. The Kier molecular flexibility index (Phi) is 5.88. The highest BCUT2D eigenvalue weighted by atomic mass is 16.6. The molecular weight excluding hydrogens is 278 g/mol. The topological polar surface area (TPSA) is 74.5 Å². The molecular formula is C17H21N3O2. The van der Waals surface area contributed by atoms with Crippen LogP contribution in [0.2, 0.25) is 0 Å². The van der Waals surface area contributed by atoms with E-state index in [4.69, 9.17) is 10.1 Å². The average Bonchev–Trinajstić information content (AvgIpc) is 2.47. The SMILES string of the molecule is CO/N=C(/C)c1ccc(N/C=C(\C#N)C(=O)C(C)(C)C)cc1. The number of hydrogen-bond acceptors (Lipinski definition) is 5. The molecule has 0 unspecified atom stereocenters. The molecule has 5 heteroatoms. The van der Waals surface area contributed by atoms with Gasteiger partial charge >= 0.3 is 0 Å². The number of hydrogen-bond donors (Lipinski definition) is 1. The van der Waals surface area contributed by atoms with Crippen molar-refractivity contribution >= 4 is 17.2 Å². The molecule has 1 rings (SSSR count). The van der Waals surface area contributed by atoms with Crippen molar-refractivity contribution in [3.05, 3.63) is 41.6 Å². The Labute approximate surface area is 131 Å². The lowest BCUT2D eigenvalue weighted by Crippen LogP contribution is -2.22. The van der Waals surface area contributed by atoms with Crippen molar-refractivity contribution in [2.45, 2.75) is 27.7 Å². The predicted molar refractivity (Wildman–Crippen MR) is 87.4 cm³/mol. The lowest BCUT2D eigenvalue weighted by Gasteiger charge is -2.15. The zero-order chi connectivity index (χ0) is 16.8. The average molecular weight is 299 g/mol. The first-order valence-corrected chi connectivity index (χ1v) is 6.89. The highest BCUT2D eigenvalue weighted by Crippen LogP contribution is 2.20. The highest BCUT2D eigenvalue weighted by molar-refractivity contribution is 6.02. The van der Waals surface area contributed by atoms with Crippen LogP contribution in [0, 0.1) is 16.7 Å². The van der Waals surface area contributed by atoms with Crippen molar-refractivity contribution in [2.24, 2.45) is 10.6 Å². The number of nitriles is 1. The summed E-state index contributed by atoms with van der Waals surface area (Å²) in [4.78, 5) is 16.8. The maximum atomic E-state index is 12.1. The van der Waals surface area contributed by atoms with Crippen molar-refractivity contribution < 1.29 is 9.63 Å². The summed E-state index contributed by atoms with van der Waals surface area (Å²) in [6.07, 6.45) is 1.44.